The van der Waals surface area contributed by atoms with E-state index in [1.165, 1.54) is 60.5 Å². The molecule has 206 valence electrons. The Labute approximate surface area is 257 Å². The van der Waals surface area contributed by atoms with Crippen LogP contribution in [0.4, 0.5) is 11.4 Å². The molecule has 2 nitrogen and oxygen atoms in total. The van der Waals surface area contributed by atoms with Crippen molar-refractivity contribution in [2.45, 2.75) is 18.0 Å². The maximum atomic E-state index is 8.10. The molecule has 7 aromatic rings. The summed E-state index contributed by atoms with van der Waals surface area (Å²) in [4.78, 5) is 6.34. The zero-order chi connectivity index (χ0) is 29.3. The van der Waals surface area contributed by atoms with Gasteiger partial charge in [-0.25, -0.2) is 6.57 Å². The summed E-state index contributed by atoms with van der Waals surface area (Å²) < 4.78 is 0. The summed E-state index contributed by atoms with van der Waals surface area (Å²) in [6.45, 7) is 8.10. The predicted molar refractivity (Wildman–Crippen MR) is 181 cm³/mol. The van der Waals surface area contributed by atoms with Crippen molar-refractivity contribution >= 4 is 32.9 Å². The average Bonchev–Trinajstić information content (AvgIpc) is 3.62. The second-order valence-electron chi connectivity index (χ2n) is 11.9. The minimum atomic E-state index is -0.518. The van der Waals surface area contributed by atoms with Crippen molar-refractivity contribution in [3.8, 4) is 11.1 Å². The largest absolute Gasteiger partial charge is 0.306 e. The van der Waals surface area contributed by atoms with Crippen LogP contribution in [0.25, 0.3) is 37.5 Å². The van der Waals surface area contributed by atoms with Crippen molar-refractivity contribution in [2.75, 3.05) is 4.90 Å². The van der Waals surface area contributed by atoms with Gasteiger partial charge in [0.25, 0.3) is 0 Å². The molecular formula is C42H28N2. The Morgan fingerprint density at radius 1 is 0.591 bits per heavy atom. The Balaban J connectivity index is 1.41. The SMILES string of the molecule is [C-]#[N+]C1Cc2ccccc2N1c1ccc2c(c1)C(c1ccccc1)(c1ccccc1)c1ccc3c(ccc4ccccc43)c1-2. The number of anilines is 2. The lowest BCUT2D eigenvalue weighted by Crippen LogP contribution is -2.29. The molecule has 2 heteroatoms. The van der Waals surface area contributed by atoms with Crippen LogP contribution in [0.1, 0.15) is 27.8 Å². The molecule has 0 saturated heterocycles. The van der Waals surface area contributed by atoms with Crippen molar-refractivity contribution in [3.63, 3.8) is 0 Å². The highest BCUT2D eigenvalue weighted by Crippen LogP contribution is 2.59. The Bertz CT molecular complexity index is 2240. The van der Waals surface area contributed by atoms with E-state index in [0.29, 0.717) is 0 Å². The van der Waals surface area contributed by atoms with Gasteiger partial charge in [0.2, 0.25) is 0 Å². The topological polar surface area (TPSA) is 7.60 Å². The summed E-state index contributed by atoms with van der Waals surface area (Å²) in [5, 5.41) is 5.07. The first-order chi connectivity index (χ1) is 21.8. The molecule has 1 atom stereocenters. The number of hydrogen-bond donors (Lipinski definition) is 0. The van der Waals surface area contributed by atoms with Crippen LogP contribution in [0, 0.1) is 6.57 Å². The molecule has 1 heterocycles. The van der Waals surface area contributed by atoms with E-state index in [0.717, 1.165) is 17.8 Å². The number of nitrogens with zero attached hydrogens (tertiary/aromatic N) is 2. The first kappa shape index (κ1) is 24.9. The molecule has 0 spiro atoms. The Morgan fingerprint density at radius 2 is 1.27 bits per heavy atom. The summed E-state index contributed by atoms with van der Waals surface area (Å²) in [6, 6.07) is 55.3. The lowest BCUT2D eigenvalue weighted by atomic mass is 9.67. The second-order valence-corrected chi connectivity index (χ2v) is 11.9. The molecule has 0 bridgehead atoms. The van der Waals surface area contributed by atoms with Crippen molar-refractivity contribution in [2.24, 2.45) is 0 Å². The third kappa shape index (κ3) is 3.30. The molecule has 1 unspecified atom stereocenters. The fourth-order valence-electron chi connectivity index (χ4n) is 7.99. The van der Waals surface area contributed by atoms with E-state index in [1.54, 1.807) is 0 Å². The first-order valence-electron chi connectivity index (χ1n) is 15.2. The quantitative estimate of drug-likeness (QED) is 0.154. The van der Waals surface area contributed by atoms with E-state index in [4.69, 9.17) is 6.57 Å². The molecule has 0 fully saturated rings. The Morgan fingerprint density at radius 3 is 2.05 bits per heavy atom. The van der Waals surface area contributed by atoms with Gasteiger partial charge in [0.1, 0.15) is 0 Å². The highest BCUT2D eigenvalue weighted by Gasteiger charge is 2.47. The van der Waals surface area contributed by atoms with E-state index >= 15 is 0 Å². The number of hydrogen-bond acceptors (Lipinski definition) is 1. The van der Waals surface area contributed by atoms with Gasteiger partial charge in [-0.1, -0.05) is 133 Å². The minimum absolute atomic E-state index is 0.260. The monoisotopic (exact) mass is 560 g/mol. The summed E-state index contributed by atoms with van der Waals surface area (Å²) in [6.07, 6.45) is 0.473. The lowest BCUT2D eigenvalue weighted by molar-refractivity contribution is 0.766. The zero-order valence-corrected chi connectivity index (χ0v) is 24.1. The van der Waals surface area contributed by atoms with Gasteiger partial charge in [0.15, 0.2) is 0 Å². The zero-order valence-electron chi connectivity index (χ0n) is 24.1. The molecule has 7 aromatic carbocycles. The fourth-order valence-corrected chi connectivity index (χ4v) is 7.99. The fraction of sp³-hybridized carbons (Fsp3) is 0.0714. The van der Waals surface area contributed by atoms with Gasteiger partial charge in [-0.3, -0.25) is 9.74 Å². The molecular weight excluding hydrogens is 532 g/mol. The van der Waals surface area contributed by atoms with E-state index in [2.05, 4.69) is 161 Å². The summed E-state index contributed by atoms with van der Waals surface area (Å²) in [7, 11) is 0. The Hall–Kier alpha value is -5.65. The van der Waals surface area contributed by atoms with Crippen LogP contribution in [0.2, 0.25) is 0 Å². The third-order valence-corrected chi connectivity index (χ3v) is 9.80. The number of para-hydroxylation sites is 1. The second kappa shape index (κ2) is 9.43. The normalized spacial score (nSPS) is 16.0. The standard InChI is InChI=1S/C42H28N2/c1-43-40-26-29-13-9-11-19-39(29)44(40)32-21-23-36-38(27-32)42(30-14-4-2-5-15-30,31-16-6-3-7-17-31)37-25-24-34-33-18-10-8-12-28(33)20-22-35(34)41(36)37/h2-25,27,40H,26H2. The van der Waals surface area contributed by atoms with Crippen LogP contribution >= 0.6 is 0 Å². The van der Waals surface area contributed by atoms with Gasteiger partial charge >= 0.3 is 6.17 Å². The van der Waals surface area contributed by atoms with E-state index in [9.17, 15) is 0 Å². The van der Waals surface area contributed by atoms with Crippen LogP contribution in [0.5, 0.6) is 0 Å². The van der Waals surface area contributed by atoms with Gasteiger partial charge < -0.3 is 0 Å². The summed E-state index contributed by atoms with van der Waals surface area (Å²) >= 11 is 0. The van der Waals surface area contributed by atoms with Gasteiger partial charge in [0.05, 0.1) is 17.5 Å². The first-order valence-corrected chi connectivity index (χ1v) is 15.2. The van der Waals surface area contributed by atoms with Crippen LogP contribution in [0.3, 0.4) is 0 Å². The highest BCUT2D eigenvalue weighted by atomic mass is 15.3. The predicted octanol–water partition coefficient (Wildman–Crippen LogP) is 10.3. The van der Waals surface area contributed by atoms with Crippen LogP contribution in [0.15, 0.2) is 152 Å². The molecule has 0 saturated carbocycles. The smallest absolute Gasteiger partial charge is 0.289 e. The molecule has 2 aliphatic rings. The maximum absolute atomic E-state index is 8.10. The maximum Gasteiger partial charge on any atom is 0.306 e. The number of rotatable bonds is 3. The summed E-state index contributed by atoms with van der Waals surface area (Å²) in [5.41, 5.74) is 10.5. The molecule has 1 aliphatic carbocycles. The van der Waals surface area contributed by atoms with Crippen molar-refractivity contribution < 1.29 is 0 Å². The molecule has 0 aromatic heterocycles. The molecule has 9 rings (SSSR count). The van der Waals surface area contributed by atoms with Gasteiger partial charge in [-0.05, 0) is 78.7 Å². The van der Waals surface area contributed by atoms with Gasteiger partial charge in [0, 0.05) is 5.69 Å². The van der Waals surface area contributed by atoms with E-state index < -0.39 is 5.41 Å². The van der Waals surface area contributed by atoms with E-state index in [1.807, 2.05) is 0 Å². The van der Waals surface area contributed by atoms with Crippen LogP contribution < -0.4 is 4.90 Å². The lowest BCUT2D eigenvalue weighted by Gasteiger charge is -2.34. The molecule has 0 N–H and O–H groups in total. The summed E-state index contributed by atoms with van der Waals surface area (Å²) in [5.74, 6) is 0. The molecule has 0 amide bonds. The van der Waals surface area contributed by atoms with Crippen molar-refractivity contribution in [3.05, 3.63) is 191 Å². The molecule has 44 heavy (non-hydrogen) atoms. The average molecular weight is 561 g/mol. The van der Waals surface area contributed by atoms with Crippen molar-refractivity contribution in [1.29, 1.82) is 0 Å². The third-order valence-electron chi connectivity index (χ3n) is 9.80. The highest BCUT2D eigenvalue weighted by molar-refractivity contribution is 6.14. The van der Waals surface area contributed by atoms with Crippen LogP contribution in [-0.4, -0.2) is 6.17 Å². The number of fused-ring (bicyclic) bond motifs is 8. The Kier molecular flexibility index (Phi) is 5.34. The van der Waals surface area contributed by atoms with Crippen LogP contribution in [-0.2, 0) is 11.8 Å². The minimum Gasteiger partial charge on any atom is -0.289 e. The van der Waals surface area contributed by atoms with Gasteiger partial charge in [-0.2, -0.15) is 0 Å². The number of benzene rings is 7. The van der Waals surface area contributed by atoms with Crippen molar-refractivity contribution in [1.82, 2.24) is 0 Å². The van der Waals surface area contributed by atoms with Gasteiger partial charge in [-0.15, -0.1) is 0 Å². The molecule has 0 radical (unpaired) electrons. The molecule has 1 aliphatic heterocycles. The van der Waals surface area contributed by atoms with E-state index in [-0.39, 0.29) is 6.17 Å².